The van der Waals surface area contributed by atoms with Crippen molar-refractivity contribution in [1.82, 2.24) is 9.62 Å². The second kappa shape index (κ2) is 8.81. The van der Waals surface area contributed by atoms with Crippen LogP contribution in [0.1, 0.15) is 48.0 Å². The van der Waals surface area contributed by atoms with E-state index in [9.17, 15) is 31.2 Å². The molecule has 0 aromatic heterocycles. The molecule has 0 spiro atoms. The lowest BCUT2D eigenvalue weighted by Crippen LogP contribution is -2.50. The summed E-state index contributed by atoms with van der Waals surface area (Å²) >= 11 is 0. The third-order valence-corrected chi connectivity index (χ3v) is 7.81. The van der Waals surface area contributed by atoms with Crippen molar-refractivity contribution in [2.75, 3.05) is 0 Å². The van der Waals surface area contributed by atoms with Gasteiger partial charge in [-0.25, -0.2) is 26.3 Å². The van der Waals surface area contributed by atoms with Crippen molar-refractivity contribution >= 4 is 21.8 Å². The van der Waals surface area contributed by atoms with Gasteiger partial charge in [0.25, 0.3) is 21.8 Å². The minimum absolute atomic E-state index is 0.0299. The molecule has 2 amide bonds. The Hall–Kier alpha value is -2.88. The zero-order valence-corrected chi connectivity index (χ0v) is 18.7. The van der Waals surface area contributed by atoms with E-state index in [1.54, 1.807) is 0 Å². The van der Waals surface area contributed by atoms with Crippen molar-refractivity contribution in [1.29, 1.82) is 0 Å². The summed E-state index contributed by atoms with van der Waals surface area (Å²) in [7, 11) is -4.32. The van der Waals surface area contributed by atoms with E-state index in [0.29, 0.717) is 12.5 Å². The molecule has 3 atom stereocenters. The summed E-state index contributed by atoms with van der Waals surface area (Å²) in [4.78, 5) is 27.3. The second-order valence-corrected chi connectivity index (χ2v) is 10.3. The van der Waals surface area contributed by atoms with Gasteiger partial charge in [-0.05, 0) is 68.0 Å². The van der Waals surface area contributed by atoms with Crippen LogP contribution in [0, 0.1) is 30.3 Å². The molecule has 1 aliphatic heterocycles. The first-order chi connectivity index (χ1) is 15.6. The Labute approximate surface area is 189 Å². The molecule has 176 valence electrons. The van der Waals surface area contributed by atoms with Crippen LogP contribution in [0.25, 0.3) is 0 Å². The lowest BCUT2D eigenvalue weighted by Gasteiger charge is -2.33. The summed E-state index contributed by atoms with van der Waals surface area (Å²) in [6.07, 6.45) is 3.33. The SMILES string of the molecule is Cc1cc(S(=O)(=O)NC(=O)[C@@H]2C[C@@H]3CCCC[C@@H]3N2C(=O)c2ccc(F)cc2F)ccc1F. The number of rotatable bonds is 4. The first kappa shape index (κ1) is 23.3. The van der Waals surface area contributed by atoms with Crippen LogP contribution in [0.3, 0.4) is 0 Å². The van der Waals surface area contributed by atoms with Crippen molar-refractivity contribution < 1.29 is 31.2 Å². The van der Waals surface area contributed by atoms with E-state index >= 15 is 0 Å². The third kappa shape index (κ3) is 4.48. The van der Waals surface area contributed by atoms with Crippen molar-refractivity contribution in [2.45, 2.75) is 56.0 Å². The van der Waals surface area contributed by atoms with Crippen molar-refractivity contribution in [3.8, 4) is 0 Å². The summed E-state index contributed by atoms with van der Waals surface area (Å²) in [5, 5.41) is 0. The topological polar surface area (TPSA) is 83.6 Å². The number of amides is 2. The molecule has 10 heteroatoms. The maximum atomic E-state index is 14.4. The Morgan fingerprint density at radius 3 is 2.42 bits per heavy atom. The Bertz CT molecular complexity index is 1220. The second-order valence-electron chi connectivity index (χ2n) is 8.58. The van der Waals surface area contributed by atoms with Gasteiger partial charge in [0, 0.05) is 12.1 Å². The molecule has 0 radical (unpaired) electrons. The predicted molar refractivity (Wildman–Crippen MR) is 113 cm³/mol. The van der Waals surface area contributed by atoms with Crippen LogP contribution >= 0.6 is 0 Å². The standard InChI is InChI=1S/C23H23F3N2O4S/c1-13-10-16(7-9-18(13)25)33(31,32)27-22(29)21-11-14-4-2-3-5-20(14)28(21)23(30)17-8-6-15(24)12-19(17)26/h6-10,12,14,20-21H,2-5,11H2,1H3,(H,27,29)/t14-,20-,21-/m0/s1. The maximum absolute atomic E-state index is 14.4. The quantitative estimate of drug-likeness (QED) is 0.724. The fourth-order valence-corrected chi connectivity index (χ4v) is 5.93. The Morgan fingerprint density at radius 1 is 1.00 bits per heavy atom. The molecule has 1 heterocycles. The van der Waals surface area contributed by atoms with E-state index in [2.05, 4.69) is 0 Å². The first-order valence-corrected chi connectivity index (χ1v) is 12.2. The molecule has 1 N–H and O–H groups in total. The zero-order valence-electron chi connectivity index (χ0n) is 17.9. The molecular formula is C23H23F3N2O4S. The van der Waals surface area contributed by atoms with Gasteiger partial charge in [0.2, 0.25) is 0 Å². The molecule has 2 aliphatic rings. The van der Waals surface area contributed by atoms with E-state index in [1.165, 1.54) is 11.8 Å². The Kier molecular flexibility index (Phi) is 6.22. The van der Waals surface area contributed by atoms with Crippen LogP contribution in [0.15, 0.2) is 41.3 Å². The fourth-order valence-electron chi connectivity index (χ4n) is 4.83. The largest absolute Gasteiger partial charge is 0.323 e. The zero-order chi connectivity index (χ0) is 23.9. The number of nitrogens with zero attached hydrogens (tertiary/aromatic N) is 1. The Morgan fingerprint density at radius 2 is 1.73 bits per heavy atom. The van der Waals surface area contributed by atoms with E-state index in [4.69, 9.17) is 0 Å². The maximum Gasteiger partial charge on any atom is 0.264 e. The van der Waals surface area contributed by atoms with Crippen LogP contribution in [-0.4, -0.2) is 37.2 Å². The number of nitrogens with one attached hydrogen (secondary N) is 1. The molecule has 1 saturated heterocycles. The van der Waals surface area contributed by atoms with Crippen molar-refractivity contribution in [3.63, 3.8) is 0 Å². The molecule has 2 aromatic rings. The highest BCUT2D eigenvalue weighted by atomic mass is 32.2. The molecule has 0 unspecified atom stereocenters. The highest BCUT2D eigenvalue weighted by molar-refractivity contribution is 7.90. The molecular weight excluding hydrogens is 457 g/mol. The summed E-state index contributed by atoms with van der Waals surface area (Å²) < 4.78 is 68.7. The summed E-state index contributed by atoms with van der Waals surface area (Å²) in [5.74, 6) is -4.20. The highest BCUT2D eigenvalue weighted by Crippen LogP contribution is 2.41. The van der Waals surface area contributed by atoms with Gasteiger partial charge in [-0.15, -0.1) is 0 Å². The molecule has 1 saturated carbocycles. The number of carbonyl (C=O) groups is 2. The summed E-state index contributed by atoms with van der Waals surface area (Å²) in [6.45, 7) is 1.40. The van der Waals surface area contributed by atoms with Crippen LogP contribution < -0.4 is 4.72 Å². The average Bonchev–Trinajstić information content (AvgIpc) is 3.14. The van der Waals surface area contributed by atoms with Gasteiger partial charge in [-0.2, -0.15) is 0 Å². The van der Waals surface area contributed by atoms with E-state index < -0.39 is 45.3 Å². The molecule has 6 nitrogen and oxygen atoms in total. The molecule has 1 aliphatic carbocycles. The monoisotopic (exact) mass is 480 g/mol. The van der Waals surface area contributed by atoms with Gasteiger partial charge < -0.3 is 4.90 Å². The minimum atomic E-state index is -4.32. The molecule has 0 bridgehead atoms. The number of halogens is 3. The summed E-state index contributed by atoms with van der Waals surface area (Å²) in [5.41, 5.74) is -0.279. The van der Waals surface area contributed by atoms with Gasteiger partial charge in [0.1, 0.15) is 23.5 Å². The number of aryl methyl sites for hydroxylation is 1. The fraction of sp³-hybridized carbons (Fsp3) is 0.391. The average molecular weight is 481 g/mol. The highest BCUT2D eigenvalue weighted by Gasteiger charge is 2.48. The van der Waals surface area contributed by atoms with Gasteiger partial charge in [-0.1, -0.05) is 12.8 Å². The predicted octanol–water partition coefficient (Wildman–Crippen LogP) is 3.69. The normalized spacial score (nSPS) is 22.7. The molecule has 2 fully saturated rings. The van der Waals surface area contributed by atoms with Crippen molar-refractivity contribution in [2.24, 2.45) is 5.92 Å². The van der Waals surface area contributed by atoms with E-state index in [0.717, 1.165) is 49.6 Å². The Balaban J connectivity index is 1.64. The number of carbonyl (C=O) groups excluding carboxylic acids is 2. The number of sulfonamides is 1. The molecule has 2 aromatic carbocycles. The van der Waals surface area contributed by atoms with Gasteiger partial charge in [0.05, 0.1) is 10.5 Å². The van der Waals surface area contributed by atoms with Crippen LogP contribution in [0.2, 0.25) is 0 Å². The number of benzene rings is 2. The van der Waals surface area contributed by atoms with Crippen LogP contribution in [0.4, 0.5) is 13.2 Å². The number of hydrogen-bond donors (Lipinski definition) is 1. The molecule has 4 rings (SSSR count). The third-order valence-electron chi connectivity index (χ3n) is 6.46. The number of hydrogen-bond acceptors (Lipinski definition) is 4. The summed E-state index contributed by atoms with van der Waals surface area (Å²) in [6, 6.07) is 4.24. The van der Waals surface area contributed by atoms with Crippen molar-refractivity contribution in [3.05, 3.63) is 65.0 Å². The molecule has 33 heavy (non-hydrogen) atoms. The van der Waals surface area contributed by atoms with Gasteiger partial charge >= 0.3 is 0 Å². The minimum Gasteiger partial charge on any atom is -0.323 e. The van der Waals surface area contributed by atoms with Gasteiger partial charge in [0.15, 0.2) is 0 Å². The van der Waals surface area contributed by atoms with Gasteiger partial charge in [-0.3, -0.25) is 9.59 Å². The van der Waals surface area contributed by atoms with Crippen LogP contribution in [-0.2, 0) is 14.8 Å². The van der Waals surface area contributed by atoms with E-state index in [-0.39, 0.29) is 34.4 Å². The lowest BCUT2D eigenvalue weighted by molar-refractivity contribution is -0.123. The van der Waals surface area contributed by atoms with E-state index in [1.807, 2.05) is 4.72 Å². The first-order valence-electron chi connectivity index (χ1n) is 10.7. The number of fused-ring (bicyclic) bond motifs is 1. The van der Waals surface area contributed by atoms with Crippen LogP contribution in [0.5, 0.6) is 0 Å². The lowest BCUT2D eigenvalue weighted by atomic mass is 9.84. The number of likely N-dealkylation sites (tertiary alicyclic amines) is 1. The smallest absolute Gasteiger partial charge is 0.264 e.